The highest BCUT2D eigenvalue weighted by atomic mass is 127. The Morgan fingerprint density at radius 1 is 1.38 bits per heavy atom. The van der Waals surface area contributed by atoms with Gasteiger partial charge in [-0.1, -0.05) is 50.3 Å². The molecule has 0 aliphatic carbocycles. The minimum Gasteiger partial charge on any atom is -0.374 e. The molecule has 3 unspecified atom stereocenters. The Morgan fingerprint density at radius 2 is 2.00 bits per heavy atom. The van der Waals surface area contributed by atoms with Gasteiger partial charge in [-0.3, -0.25) is 0 Å². The van der Waals surface area contributed by atoms with Gasteiger partial charge in [-0.25, -0.2) is 0 Å². The highest BCUT2D eigenvalue weighted by Crippen LogP contribution is 2.36. The van der Waals surface area contributed by atoms with Gasteiger partial charge < -0.3 is 4.74 Å². The van der Waals surface area contributed by atoms with Crippen molar-refractivity contribution in [3.05, 3.63) is 0 Å². The van der Waals surface area contributed by atoms with E-state index < -0.39 is 0 Å². The fourth-order valence-corrected chi connectivity index (χ4v) is 2.42. The lowest BCUT2D eigenvalue weighted by atomic mass is 9.78. The van der Waals surface area contributed by atoms with Crippen LogP contribution < -0.4 is 0 Å². The SMILES string of the molecule is CC(C1CCC(CI)O1)C(C)(C)C. The average Bonchev–Trinajstić information content (AvgIpc) is 2.48. The van der Waals surface area contributed by atoms with Crippen molar-refractivity contribution in [1.82, 2.24) is 0 Å². The van der Waals surface area contributed by atoms with Crippen molar-refractivity contribution in [3.63, 3.8) is 0 Å². The number of alkyl halides is 1. The van der Waals surface area contributed by atoms with Gasteiger partial charge in [-0.05, 0) is 24.2 Å². The van der Waals surface area contributed by atoms with Crippen LogP contribution in [0.1, 0.15) is 40.5 Å². The molecule has 0 aromatic heterocycles. The zero-order chi connectivity index (χ0) is 10.1. The van der Waals surface area contributed by atoms with Crippen LogP contribution >= 0.6 is 22.6 Å². The van der Waals surface area contributed by atoms with E-state index in [-0.39, 0.29) is 0 Å². The molecule has 1 heterocycles. The molecule has 1 aliphatic rings. The highest BCUT2D eigenvalue weighted by Gasteiger charge is 2.34. The summed E-state index contributed by atoms with van der Waals surface area (Å²) in [6, 6.07) is 0. The predicted octanol–water partition coefficient (Wildman–Crippen LogP) is 3.65. The van der Waals surface area contributed by atoms with E-state index in [4.69, 9.17) is 4.74 Å². The molecule has 13 heavy (non-hydrogen) atoms. The molecule has 1 aliphatic heterocycles. The Morgan fingerprint density at radius 3 is 2.38 bits per heavy atom. The Hall–Kier alpha value is 0.690. The molecule has 0 saturated carbocycles. The number of hydrogen-bond donors (Lipinski definition) is 0. The molecule has 0 aromatic carbocycles. The summed E-state index contributed by atoms with van der Waals surface area (Å²) < 4.78 is 7.14. The van der Waals surface area contributed by atoms with E-state index in [1.165, 1.54) is 12.8 Å². The number of hydrogen-bond acceptors (Lipinski definition) is 1. The summed E-state index contributed by atoms with van der Waals surface area (Å²) in [6.07, 6.45) is 3.54. The van der Waals surface area contributed by atoms with E-state index in [1.54, 1.807) is 0 Å². The Bertz CT molecular complexity index is 162. The summed E-state index contributed by atoms with van der Waals surface area (Å²) >= 11 is 2.42. The third-order valence-electron chi connectivity index (χ3n) is 3.24. The topological polar surface area (TPSA) is 9.23 Å². The minimum atomic E-state index is 0.380. The molecule has 0 N–H and O–H groups in total. The zero-order valence-electron chi connectivity index (χ0n) is 9.14. The molecule has 0 spiro atoms. The molecule has 0 radical (unpaired) electrons. The van der Waals surface area contributed by atoms with E-state index in [0.717, 1.165) is 4.43 Å². The maximum absolute atomic E-state index is 5.99. The molecule has 1 fully saturated rings. The summed E-state index contributed by atoms with van der Waals surface area (Å²) in [6.45, 7) is 9.23. The Labute approximate surface area is 95.8 Å². The van der Waals surface area contributed by atoms with Gasteiger partial charge in [0.2, 0.25) is 0 Å². The monoisotopic (exact) mass is 296 g/mol. The van der Waals surface area contributed by atoms with Crippen molar-refractivity contribution in [1.29, 1.82) is 0 Å². The summed E-state index contributed by atoms with van der Waals surface area (Å²) in [4.78, 5) is 0. The summed E-state index contributed by atoms with van der Waals surface area (Å²) in [5, 5.41) is 0. The van der Waals surface area contributed by atoms with Crippen LogP contribution in [-0.2, 0) is 4.74 Å². The Balaban J connectivity index is 2.46. The van der Waals surface area contributed by atoms with Crippen LogP contribution in [0.4, 0.5) is 0 Å². The highest BCUT2D eigenvalue weighted by molar-refractivity contribution is 14.1. The fourth-order valence-electron chi connectivity index (χ4n) is 1.77. The zero-order valence-corrected chi connectivity index (χ0v) is 11.3. The molecule has 3 atom stereocenters. The van der Waals surface area contributed by atoms with Gasteiger partial charge in [-0.2, -0.15) is 0 Å². The summed E-state index contributed by atoms with van der Waals surface area (Å²) in [5.74, 6) is 0.667. The van der Waals surface area contributed by atoms with Crippen LogP contribution in [0.3, 0.4) is 0 Å². The van der Waals surface area contributed by atoms with E-state index in [9.17, 15) is 0 Å². The van der Waals surface area contributed by atoms with Gasteiger partial charge in [0.25, 0.3) is 0 Å². The van der Waals surface area contributed by atoms with Crippen molar-refractivity contribution in [3.8, 4) is 0 Å². The van der Waals surface area contributed by atoms with Crippen molar-refractivity contribution < 1.29 is 4.74 Å². The van der Waals surface area contributed by atoms with Gasteiger partial charge in [0, 0.05) is 4.43 Å². The van der Waals surface area contributed by atoms with Crippen molar-refractivity contribution >= 4 is 22.6 Å². The first-order valence-electron chi connectivity index (χ1n) is 5.16. The van der Waals surface area contributed by atoms with Crippen LogP contribution in [0.5, 0.6) is 0 Å². The lowest BCUT2D eigenvalue weighted by Gasteiger charge is -2.32. The molecule has 2 heteroatoms. The van der Waals surface area contributed by atoms with E-state index in [1.807, 2.05) is 0 Å². The van der Waals surface area contributed by atoms with Gasteiger partial charge in [0.1, 0.15) is 0 Å². The van der Waals surface area contributed by atoms with Crippen molar-refractivity contribution in [2.24, 2.45) is 11.3 Å². The molecular weight excluding hydrogens is 275 g/mol. The van der Waals surface area contributed by atoms with Crippen LogP contribution in [0, 0.1) is 11.3 Å². The largest absolute Gasteiger partial charge is 0.374 e. The van der Waals surface area contributed by atoms with Crippen LogP contribution in [0.15, 0.2) is 0 Å². The first kappa shape index (κ1) is 11.8. The summed E-state index contributed by atoms with van der Waals surface area (Å²) in [7, 11) is 0. The molecule has 0 aromatic rings. The maximum Gasteiger partial charge on any atom is 0.0669 e. The second kappa shape index (κ2) is 4.47. The van der Waals surface area contributed by atoms with E-state index in [0.29, 0.717) is 23.5 Å². The average molecular weight is 296 g/mol. The van der Waals surface area contributed by atoms with Gasteiger partial charge in [0.05, 0.1) is 12.2 Å². The standard InChI is InChI=1S/C11H21IO/c1-8(11(2,3)4)10-6-5-9(7-12)13-10/h8-10H,5-7H2,1-4H3. The number of ether oxygens (including phenoxy) is 1. The molecule has 0 bridgehead atoms. The second-order valence-corrected chi connectivity index (χ2v) is 6.06. The number of halogens is 1. The molecule has 0 amide bonds. The van der Waals surface area contributed by atoms with Crippen molar-refractivity contribution in [2.45, 2.75) is 52.7 Å². The molecule has 1 saturated heterocycles. The molecule has 78 valence electrons. The van der Waals surface area contributed by atoms with Gasteiger partial charge in [0.15, 0.2) is 0 Å². The van der Waals surface area contributed by atoms with Gasteiger partial charge >= 0.3 is 0 Å². The predicted molar refractivity (Wildman–Crippen MR) is 65.4 cm³/mol. The fraction of sp³-hybridized carbons (Fsp3) is 1.00. The van der Waals surface area contributed by atoms with E-state index in [2.05, 4.69) is 50.3 Å². The minimum absolute atomic E-state index is 0.380. The summed E-state index contributed by atoms with van der Waals surface area (Å²) in [5.41, 5.74) is 0.380. The smallest absolute Gasteiger partial charge is 0.0669 e. The van der Waals surface area contributed by atoms with Crippen molar-refractivity contribution in [2.75, 3.05) is 4.43 Å². The molecular formula is C11H21IO. The molecule has 1 rings (SSSR count). The Kier molecular flexibility index (Phi) is 4.05. The third-order valence-corrected chi connectivity index (χ3v) is 4.22. The second-order valence-electron chi connectivity index (χ2n) is 5.18. The van der Waals surface area contributed by atoms with E-state index >= 15 is 0 Å². The van der Waals surface area contributed by atoms with Crippen LogP contribution in [-0.4, -0.2) is 16.6 Å². The number of rotatable bonds is 2. The van der Waals surface area contributed by atoms with Gasteiger partial charge in [-0.15, -0.1) is 0 Å². The maximum atomic E-state index is 5.99. The molecule has 1 nitrogen and oxygen atoms in total. The first-order valence-corrected chi connectivity index (χ1v) is 6.69. The first-order chi connectivity index (χ1) is 5.95. The normalized spacial score (nSPS) is 32.1. The van der Waals surface area contributed by atoms with Crippen LogP contribution in [0.25, 0.3) is 0 Å². The quantitative estimate of drug-likeness (QED) is 0.558. The lowest BCUT2D eigenvalue weighted by Crippen LogP contribution is -2.30. The van der Waals surface area contributed by atoms with Crippen LogP contribution in [0.2, 0.25) is 0 Å². The third kappa shape index (κ3) is 3.08. The lowest BCUT2D eigenvalue weighted by molar-refractivity contribution is -0.00584.